The van der Waals surface area contributed by atoms with Crippen LogP contribution in [0.4, 0.5) is 23.8 Å². The predicted molar refractivity (Wildman–Crippen MR) is 101 cm³/mol. The quantitative estimate of drug-likeness (QED) is 0.503. The average molecular weight is 406 g/mol. The number of fused-ring (bicyclic) bond motifs is 1. The number of amides is 2. The van der Waals surface area contributed by atoms with Gasteiger partial charge in [-0.3, -0.25) is 10.4 Å². The number of urea groups is 1. The number of alkyl halides is 2. The zero-order chi connectivity index (χ0) is 21.2. The van der Waals surface area contributed by atoms with Crippen LogP contribution in [0.1, 0.15) is 31.1 Å². The smallest absolute Gasteiger partial charge is 0.320 e. The third kappa shape index (κ3) is 5.02. The number of halogens is 3. The fraction of sp³-hybridized carbons (Fsp3) is 0.263. The number of carbonyl (C=O) groups excluding carboxylic acids is 1. The lowest BCUT2D eigenvalue weighted by molar-refractivity contribution is 0.0415. The van der Waals surface area contributed by atoms with E-state index in [1.54, 1.807) is 0 Å². The molecule has 0 bridgehead atoms. The minimum absolute atomic E-state index is 0.0666. The normalized spacial score (nSPS) is 12.9. The van der Waals surface area contributed by atoms with Crippen molar-refractivity contribution in [1.82, 2.24) is 20.5 Å². The van der Waals surface area contributed by atoms with E-state index in [1.807, 2.05) is 0 Å². The predicted octanol–water partition coefficient (Wildman–Crippen LogP) is 3.55. The second-order valence-electron chi connectivity index (χ2n) is 6.96. The minimum Gasteiger partial charge on any atom is -0.388 e. The Labute approximate surface area is 164 Å². The molecule has 1 aromatic carbocycles. The first-order valence-electron chi connectivity index (χ1n) is 8.66. The van der Waals surface area contributed by atoms with Gasteiger partial charge in [-0.2, -0.15) is 5.10 Å². The molecule has 4 N–H and O–H groups in total. The molecule has 153 valence electrons. The highest BCUT2D eigenvalue weighted by molar-refractivity contribution is 5.91. The van der Waals surface area contributed by atoms with Gasteiger partial charge in [-0.1, -0.05) is 12.1 Å². The summed E-state index contributed by atoms with van der Waals surface area (Å²) in [6.07, 6.45) is -0.650. The largest absolute Gasteiger partial charge is 0.388 e. The number of nitrogens with zero attached hydrogens (tertiary/aromatic N) is 2. The van der Waals surface area contributed by atoms with Gasteiger partial charge in [-0.05, 0) is 31.5 Å². The molecular weight excluding hydrogens is 387 g/mol. The summed E-state index contributed by atoms with van der Waals surface area (Å²) < 4.78 is 38.2. The lowest BCUT2D eigenvalue weighted by atomic mass is 9.92. The Kier molecular flexibility index (Phi) is 5.73. The van der Waals surface area contributed by atoms with Crippen LogP contribution >= 0.6 is 0 Å². The highest BCUT2D eigenvalue weighted by atomic mass is 19.3. The van der Waals surface area contributed by atoms with Crippen LogP contribution in [0.3, 0.4) is 0 Å². The van der Waals surface area contributed by atoms with Crippen molar-refractivity contribution in [3.05, 3.63) is 60.0 Å². The van der Waals surface area contributed by atoms with E-state index in [2.05, 4.69) is 25.8 Å². The summed E-state index contributed by atoms with van der Waals surface area (Å²) in [5, 5.41) is 22.3. The third-order valence-electron chi connectivity index (χ3n) is 4.19. The summed E-state index contributed by atoms with van der Waals surface area (Å²) in [5.74, 6) is -0.288. The highest BCUT2D eigenvalue weighted by Gasteiger charge is 2.30. The van der Waals surface area contributed by atoms with Crippen LogP contribution in [0, 0.1) is 12.2 Å². The van der Waals surface area contributed by atoms with Gasteiger partial charge in [0.2, 0.25) is 6.43 Å². The van der Waals surface area contributed by atoms with E-state index in [0.29, 0.717) is 22.9 Å². The monoisotopic (exact) mass is 406 g/mol. The molecule has 0 aliphatic heterocycles. The summed E-state index contributed by atoms with van der Waals surface area (Å²) in [7, 11) is 0. The molecule has 2 aromatic heterocycles. The van der Waals surface area contributed by atoms with Gasteiger partial charge in [0.05, 0.1) is 29.3 Å². The zero-order valence-corrected chi connectivity index (χ0v) is 15.6. The van der Waals surface area contributed by atoms with Crippen LogP contribution in [-0.2, 0) is 0 Å². The van der Waals surface area contributed by atoms with Crippen LogP contribution in [0.2, 0.25) is 0 Å². The van der Waals surface area contributed by atoms with Gasteiger partial charge in [-0.25, -0.2) is 22.9 Å². The molecular formula is C19H19F3N5O2. The second-order valence-corrected chi connectivity index (χ2v) is 6.96. The lowest BCUT2D eigenvalue weighted by Gasteiger charge is -2.30. The summed E-state index contributed by atoms with van der Waals surface area (Å²) in [6, 6.07) is 5.35. The van der Waals surface area contributed by atoms with E-state index < -0.39 is 29.9 Å². The number of aromatic amines is 1. The highest BCUT2D eigenvalue weighted by Crippen LogP contribution is 2.26. The van der Waals surface area contributed by atoms with Crippen LogP contribution < -0.4 is 10.6 Å². The van der Waals surface area contributed by atoms with Crippen LogP contribution in [0.5, 0.6) is 0 Å². The first kappa shape index (κ1) is 20.6. The number of rotatable bonds is 6. The van der Waals surface area contributed by atoms with E-state index in [-0.39, 0.29) is 11.5 Å². The van der Waals surface area contributed by atoms with E-state index >= 15 is 0 Å². The summed E-state index contributed by atoms with van der Waals surface area (Å²) in [5.41, 5.74) is -0.342. The number of benzene rings is 1. The maximum Gasteiger partial charge on any atom is 0.320 e. The van der Waals surface area contributed by atoms with Crippen molar-refractivity contribution in [3.63, 3.8) is 0 Å². The first-order valence-corrected chi connectivity index (χ1v) is 8.66. The third-order valence-corrected chi connectivity index (χ3v) is 4.19. The number of H-pyrrole nitrogens is 1. The molecule has 3 rings (SSSR count). The van der Waals surface area contributed by atoms with Crippen molar-refractivity contribution in [2.24, 2.45) is 0 Å². The fourth-order valence-corrected chi connectivity index (χ4v) is 2.85. The fourth-order valence-electron chi connectivity index (χ4n) is 2.85. The molecule has 0 fully saturated rings. The molecule has 1 atom stereocenters. The first-order chi connectivity index (χ1) is 13.6. The number of anilines is 1. The Hall–Kier alpha value is -3.14. The Bertz CT molecular complexity index is 999. The number of hydrogen-bond donors (Lipinski definition) is 4. The molecule has 1 radical (unpaired) electrons. The minimum atomic E-state index is -2.66. The van der Waals surface area contributed by atoms with Crippen molar-refractivity contribution in [3.8, 4) is 0 Å². The maximum atomic E-state index is 13.2. The Morgan fingerprint density at radius 2 is 1.97 bits per heavy atom. The van der Waals surface area contributed by atoms with E-state index in [4.69, 9.17) is 0 Å². The number of hydrogen-bond acceptors (Lipinski definition) is 4. The van der Waals surface area contributed by atoms with Crippen molar-refractivity contribution in [1.29, 1.82) is 0 Å². The molecule has 10 heteroatoms. The van der Waals surface area contributed by atoms with Gasteiger partial charge < -0.3 is 10.4 Å². The van der Waals surface area contributed by atoms with Crippen LogP contribution in [-0.4, -0.2) is 38.3 Å². The van der Waals surface area contributed by atoms with Crippen molar-refractivity contribution < 1.29 is 23.1 Å². The summed E-state index contributed by atoms with van der Waals surface area (Å²) >= 11 is 0. The Morgan fingerprint density at radius 3 is 2.59 bits per heavy atom. The molecule has 0 unspecified atom stereocenters. The lowest BCUT2D eigenvalue weighted by Crippen LogP contribution is -2.44. The number of aromatic nitrogens is 3. The van der Waals surface area contributed by atoms with Crippen molar-refractivity contribution in [2.45, 2.75) is 31.9 Å². The van der Waals surface area contributed by atoms with Crippen LogP contribution in [0.15, 0.2) is 36.5 Å². The number of aliphatic hydroxyl groups is 1. The molecule has 2 heterocycles. The molecule has 0 aliphatic rings. The topological polar surface area (TPSA) is 103 Å². The summed E-state index contributed by atoms with van der Waals surface area (Å²) in [4.78, 5) is 16.4. The Balaban J connectivity index is 1.75. The number of carbonyl (C=O) groups is 1. The summed E-state index contributed by atoms with van der Waals surface area (Å²) in [6.45, 7) is 3.02. The van der Waals surface area contributed by atoms with E-state index in [9.17, 15) is 23.1 Å². The van der Waals surface area contributed by atoms with Gasteiger partial charge in [0, 0.05) is 17.6 Å². The van der Waals surface area contributed by atoms with Gasteiger partial charge in [0.15, 0.2) is 0 Å². The van der Waals surface area contributed by atoms with Gasteiger partial charge in [-0.15, -0.1) is 0 Å². The van der Waals surface area contributed by atoms with Crippen molar-refractivity contribution in [2.75, 3.05) is 5.32 Å². The molecule has 2 amide bonds. The molecule has 0 saturated heterocycles. The molecule has 29 heavy (non-hydrogen) atoms. The maximum absolute atomic E-state index is 13.2. The molecule has 0 aliphatic carbocycles. The molecule has 3 aromatic rings. The SMILES string of the molecule is CC(C)(O)[C@@H](NC(=O)Nc1cc2[nH]nc([CH]C(F)F)c2cn1)c1ccc(F)cc1. The van der Waals surface area contributed by atoms with Gasteiger partial charge >= 0.3 is 6.03 Å². The average Bonchev–Trinajstić information content (AvgIpc) is 3.01. The van der Waals surface area contributed by atoms with Gasteiger partial charge in [0.1, 0.15) is 11.6 Å². The van der Waals surface area contributed by atoms with Crippen molar-refractivity contribution >= 4 is 22.8 Å². The van der Waals surface area contributed by atoms with Gasteiger partial charge in [0.25, 0.3) is 0 Å². The number of pyridine rings is 1. The molecule has 7 nitrogen and oxygen atoms in total. The number of nitrogens with one attached hydrogen (secondary N) is 3. The second kappa shape index (κ2) is 8.08. The zero-order valence-electron chi connectivity index (χ0n) is 15.6. The van der Waals surface area contributed by atoms with Crippen LogP contribution in [0.25, 0.3) is 10.9 Å². The standard InChI is InChI=1S/C19H19F3N5O2/c1-19(2,29)17(10-3-5-11(20)6-4-10)25-18(28)24-16-8-14-12(9-23-16)13(26-27-14)7-15(21)22/h3-9,15,17,29H,1-2H3,(H,26,27)(H2,23,24,25,28)/t17-/m0/s1. The Morgan fingerprint density at radius 1 is 1.28 bits per heavy atom. The van der Waals surface area contributed by atoms with E-state index in [1.165, 1.54) is 50.4 Å². The molecule has 0 spiro atoms. The molecule has 0 saturated carbocycles. The van der Waals surface area contributed by atoms with E-state index in [0.717, 1.165) is 0 Å².